The van der Waals surface area contributed by atoms with E-state index in [9.17, 15) is 4.79 Å². The number of hydrogen-bond acceptors (Lipinski definition) is 9. The number of fused-ring (bicyclic) bond motifs is 3. The number of carbonyl (C=O) groups is 1. The molecule has 2 aromatic heterocycles. The summed E-state index contributed by atoms with van der Waals surface area (Å²) in [6.07, 6.45) is 0.847. The van der Waals surface area contributed by atoms with Gasteiger partial charge in [-0.15, -0.1) is 11.3 Å². The second-order valence-electron chi connectivity index (χ2n) is 6.73. The van der Waals surface area contributed by atoms with Crippen molar-refractivity contribution in [2.45, 2.75) is 19.9 Å². The van der Waals surface area contributed by atoms with Crippen molar-refractivity contribution >= 4 is 49.0 Å². The highest BCUT2D eigenvalue weighted by Gasteiger charge is 2.28. The first-order chi connectivity index (χ1) is 13.6. The number of likely N-dealkylation sites (N-methyl/N-ethyl adjacent to an activating group) is 1. The zero-order chi connectivity index (χ0) is 19.3. The van der Waals surface area contributed by atoms with Crippen LogP contribution in [0.4, 0.5) is 10.1 Å². The summed E-state index contributed by atoms with van der Waals surface area (Å²) in [4.78, 5) is 20.8. The van der Waals surface area contributed by atoms with Gasteiger partial charge in [0.2, 0.25) is 6.79 Å². The average Bonchev–Trinajstić information content (AvgIpc) is 3.35. The standard InChI is InChI=1S/C19H19N3O4S2/c1-3-24-18(23)16-10-4-5-22(2)8-15(10)27-17(16)21-19-20-11-6-12-13(26-9-25-12)7-14(11)28-19/h6-7H,3-5,8-9H2,1-2H3,(H,20,21). The number of ether oxygens (including phenoxy) is 3. The molecular weight excluding hydrogens is 398 g/mol. The van der Waals surface area contributed by atoms with Gasteiger partial charge in [-0.05, 0) is 26.0 Å². The summed E-state index contributed by atoms with van der Waals surface area (Å²) in [5.41, 5.74) is 2.60. The number of benzene rings is 1. The maximum absolute atomic E-state index is 12.7. The molecule has 0 amide bonds. The molecular formula is C19H19N3O4S2. The highest BCUT2D eigenvalue weighted by atomic mass is 32.1. The molecule has 2 aliphatic rings. The van der Waals surface area contributed by atoms with Gasteiger partial charge in [0, 0.05) is 30.1 Å². The Hall–Kier alpha value is -2.36. The van der Waals surface area contributed by atoms with E-state index >= 15 is 0 Å². The normalized spacial score (nSPS) is 15.6. The molecule has 28 heavy (non-hydrogen) atoms. The number of rotatable bonds is 4. The zero-order valence-corrected chi connectivity index (χ0v) is 17.2. The minimum absolute atomic E-state index is 0.246. The summed E-state index contributed by atoms with van der Waals surface area (Å²) in [5, 5.41) is 4.91. The van der Waals surface area contributed by atoms with Crippen molar-refractivity contribution in [3.05, 3.63) is 28.1 Å². The first kappa shape index (κ1) is 17.7. The number of nitrogens with one attached hydrogen (secondary N) is 1. The molecule has 146 valence electrons. The lowest BCUT2D eigenvalue weighted by Gasteiger charge is -2.22. The van der Waals surface area contributed by atoms with E-state index in [1.807, 2.05) is 19.1 Å². The Kier molecular flexibility index (Phi) is 4.37. The minimum atomic E-state index is -0.269. The molecule has 1 aromatic carbocycles. The van der Waals surface area contributed by atoms with Gasteiger partial charge in [-0.3, -0.25) is 0 Å². The lowest BCUT2D eigenvalue weighted by molar-refractivity contribution is 0.0526. The molecule has 1 N–H and O–H groups in total. The molecule has 2 aliphatic heterocycles. The highest BCUT2D eigenvalue weighted by molar-refractivity contribution is 7.23. The molecule has 0 bridgehead atoms. The summed E-state index contributed by atoms with van der Waals surface area (Å²) >= 11 is 3.14. The van der Waals surface area contributed by atoms with E-state index in [-0.39, 0.29) is 12.8 Å². The van der Waals surface area contributed by atoms with E-state index in [0.29, 0.717) is 17.9 Å². The van der Waals surface area contributed by atoms with Crippen molar-refractivity contribution in [1.82, 2.24) is 9.88 Å². The molecule has 0 fully saturated rings. The van der Waals surface area contributed by atoms with Gasteiger partial charge in [-0.1, -0.05) is 11.3 Å². The monoisotopic (exact) mass is 417 g/mol. The van der Waals surface area contributed by atoms with Crippen molar-refractivity contribution < 1.29 is 19.0 Å². The van der Waals surface area contributed by atoms with Gasteiger partial charge in [0.05, 0.1) is 22.4 Å². The Morgan fingerprint density at radius 1 is 1.32 bits per heavy atom. The molecule has 0 spiro atoms. The van der Waals surface area contributed by atoms with Crippen LogP contribution in [0, 0.1) is 0 Å². The van der Waals surface area contributed by atoms with E-state index < -0.39 is 0 Å². The summed E-state index contributed by atoms with van der Waals surface area (Å²) in [6, 6.07) is 3.83. The average molecular weight is 418 g/mol. The third kappa shape index (κ3) is 2.99. The fraction of sp³-hybridized carbons (Fsp3) is 0.368. The van der Waals surface area contributed by atoms with Gasteiger partial charge < -0.3 is 24.4 Å². The topological polar surface area (TPSA) is 72.9 Å². The summed E-state index contributed by atoms with van der Waals surface area (Å²) in [5.74, 6) is 1.18. The van der Waals surface area contributed by atoms with Crippen LogP contribution in [0.3, 0.4) is 0 Å². The van der Waals surface area contributed by atoms with Crippen molar-refractivity contribution in [1.29, 1.82) is 0 Å². The van der Waals surface area contributed by atoms with Crippen LogP contribution in [0.2, 0.25) is 0 Å². The van der Waals surface area contributed by atoms with E-state index in [4.69, 9.17) is 14.2 Å². The molecule has 7 nitrogen and oxygen atoms in total. The third-order valence-electron chi connectivity index (χ3n) is 4.83. The van der Waals surface area contributed by atoms with Crippen LogP contribution < -0.4 is 14.8 Å². The molecule has 0 atom stereocenters. The Labute approximate surface area is 169 Å². The molecule has 0 saturated heterocycles. The lowest BCUT2D eigenvalue weighted by Crippen LogP contribution is -2.26. The number of aromatic nitrogens is 1. The first-order valence-electron chi connectivity index (χ1n) is 9.09. The maximum Gasteiger partial charge on any atom is 0.341 e. The number of anilines is 2. The third-order valence-corrected chi connectivity index (χ3v) is 6.90. The van der Waals surface area contributed by atoms with Crippen LogP contribution in [0.1, 0.15) is 27.7 Å². The minimum Gasteiger partial charge on any atom is -0.462 e. The summed E-state index contributed by atoms with van der Waals surface area (Å²) in [7, 11) is 2.09. The molecule has 9 heteroatoms. The van der Waals surface area contributed by atoms with Crippen LogP contribution in [-0.4, -0.2) is 42.8 Å². The van der Waals surface area contributed by atoms with E-state index in [0.717, 1.165) is 51.2 Å². The van der Waals surface area contributed by atoms with Gasteiger partial charge in [0.1, 0.15) is 5.00 Å². The molecule has 4 heterocycles. The van der Waals surface area contributed by atoms with E-state index in [1.54, 1.807) is 11.3 Å². The number of carbonyl (C=O) groups excluding carboxylic acids is 1. The van der Waals surface area contributed by atoms with Crippen molar-refractivity contribution in [3.8, 4) is 11.5 Å². The Balaban J connectivity index is 1.52. The lowest BCUT2D eigenvalue weighted by atomic mass is 10.0. The van der Waals surface area contributed by atoms with Crippen LogP contribution in [-0.2, 0) is 17.7 Å². The van der Waals surface area contributed by atoms with Crippen molar-refractivity contribution in [2.75, 3.05) is 32.3 Å². The molecule has 0 saturated carbocycles. The highest BCUT2D eigenvalue weighted by Crippen LogP contribution is 2.42. The SMILES string of the molecule is CCOC(=O)c1c(Nc2nc3cc4c(cc3s2)OCO4)sc2c1CCN(C)C2. The van der Waals surface area contributed by atoms with E-state index in [2.05, 4.69) is 22.2 Å². The Bertz CT molecular complexity index is 1030. The number of thiophene rings is 1. The quantitative estimate of drug-likeness (QED) is 0.644. The van der Waals surface area contributed by atoms with Gasteiger partial charge in [-0.25, -0.2) is 9.78 Å². The second-order valence-corrected chi connectivity index (χ2v) is 8.87. The number of esters is 1. The van der Waals surface area contributed by atoms with Crippen LogP contribution >= 0.6 is 22.7 Å². The van der Waals surface area contributed by atoms with Crippen molar-refractivity contribution in [3.63, 3.8) is 0 Å². The molecule has 3 aromatic rings. The maximum atomic E-state index is 12.7. The predicted molar refractivity (Wildman–Crippen MR) is 109 cm³/mol. The van der Waals surface area contributed by atoms with Crippen molar-refractivity contribution in [2.24, 2.45) is 0 Å². The van der Waals surface area contributed by atoms with Gasteiger partial charge in [0.25, 0.3) is 0 Å². The first-order valence-corrected chi connectivity index (χ1v) is 10.7. The predicted octanol–water partition coefficient (Wildman–Crippen LogP) is 3.99. The van der Waals surface area contributed by atoms with Crippen LogP contribution in [0.5, 0.6) is 11.5 Å². The molecule has 0 radical (unpaired) electrons. The van der Waals surface area contributed by atoms with Crippen LogP contribution in [0.15, 0.2) is 12.1 Å². The molecule has 5 rings (SSSR count). The number of thiazole rings is 1. The Morgan fingerprint density at radius 3 is 2.96 bits per heavy atom. The Morgan fingerprint density at radius 2 is 2.14 bits per heavy atom. The second kappa shape index (κ2) is 6.91. The van der Waals surface area contributed by atoms with Gasteiger partial charge in [-0.2, -0.15) is 0 Å². The largest absolute Gasteiger partial charge is 0.462 e. The van der Waals surface area contributed by atoms with Crippen LogP contribution in [0.25, 0.3) is 10.2 Å². The van der Waals surface area contributed by atoms with Gasteiger partial charge >= 0.3 is 5.97 Å². The zero-order valence-electron chi connectivity index (χ0n) is 15.5. The number of hydrogen-bond donors (Lipinski definition) is 1. The fourth-order valence-corrected chi connectivity index (χ4v) is 5.77. The molecule has 0 aliphatic carbocycles. The molecule has 0 unspecified atom stereocenters. The summed E-state index contributed by atoms with van der Waals surface area (Å²) in [6.45, 7) is 4.21. The smallest absolute Gasteiger partial charge is 0.341 e. The summed E-state index contributed by atoms with van der Waals surface area (Å²) < 4.78 is 17.2. The fourth-order valence-electron chi connectivity index (χ4n) is 3.51. The number of nitrogens with zero attached hydrogens (tertiary/aromatic N) is 2. The van der Waals surface area contributed by atoms with Gasteiger partial charge in [0.15, 0.2) is 16.6 Å². The van der Waals surface area contributed by atoms with E-state index in [1.165, 1.54) is 16.2 Å².